The minimum atomic E-state index is -0.726. The Kier molecular flexibility index (Phi) is 6.75. The quantitative estimate of drug-likeness (QED) is 0.311. The number of hydrogen-bond acceptors (Lipinski definition) is 9. The van der Waals surface area contributed by atoms with Crippen LogP contribution in [0.1, 0.15) is 6.92 Å². The van der Waals surface area contributed by atoms with Gasteiger partial charge in [0, 0.05) is 12.1 Å². The Morgan fingerprint density at radius 3 is 2.57 bits per heavy atom. The maximum absolute atomic E-state index is 12.0. The lowest BCUT2D eigenvalue weighted by atomic mass is 10.3. The number of amides is 1. The molecule has 0 fully saturated rings. The van der Waals surface area contributed by atoms with E-state index in [1.54, 1.807) is 24.3 Å². The molecule has 1 amide bonds. The van der Waals surface area contributed by atoms with Crippen molar-refractivity contribution in [3.05, 3.63) is 52.6 Å². The molecule has 0 bridgehead atoms. The van der Waals surface area contributed by atoms with Gasteiger partial charge in [-0.3, -0.25) is 20.2 Å². The van der Waals surface area contributed by atoms with Crippen LogP contribution in [0.2, 0.25) is 0 Å². The minimum absolute atomic E-state index is 0.0659. The van der Waals surface area contributed by atoms with Crippen LogP contribution in [-0.4, -0.2) is 41.6 Å². The number of nitrogens with one attached hydrogen (secondary N) is 1. The van der Waals surface area contributed by atoms with E-state index in [2.05, 4.69) is 10.3 Å². The molecule has 3 aromatic rings. The molecule has 0 aliphatic heterocycles. The highest BCUT2D eigenvalue weighted by Gasteiger charge is 2.14. The van der Waals surface area contributed by atoms with Crippen LogP contribution in [-0.2, 0) is 14.3 Å². The molecule has 1 heterocycles. The average Bonchev–Trinajstić information content (AvgIpc) is 3.13. The number of carbonyl (C=O) groups excluding carboxylic acids is 2. The summed E-state index contributed by atoms with van der Waals surface area (Å²) < 4.78 is 16.2. The van der Waals surface area contributed by atoms with Gasteiger partial charge < -0.3 is 14.2 Å². The highest BCUT2D eigenvalue weighted by molar-refractivity contribution is 7.22. The molecule has 156 valence electrons. The predicted molar refractivity (Wildman–Crippen MR) is 109 cm³/mol. The number of rotatable bonds is 9. The first-order valence-corrected chi connectivity index (χ1v) is 9.63. The minimum Gasteiger partial charge on any atom is -0.490 e. The van der Waals surface area contributed by atoms with Crippen LogP contribution in [0.25, 0.3) is 10.2 Å². The second-order valence-electron chi connectivity index (χ2n) is 5.81. The van der Waals surface area contributed by atoms with Crippen molar-refractivity contribution in [2.45, 2.75) is 6.92 Å². The summed E-state index contributed by atoms with van der Waals surface area (Å²) >= 11 is 1.08. The normalized spacial score (nSPS) is 10.4. The first kappa shape index (κ1) is 21.0. The Morgan fingerprint density at radius 2 is 1.87 bits per heavy atom. The number of esters is 1. The molecular formula is C19H17N3O7S. The Morgan fingerprint density at radius 1 is 1.13 bits per heavy atom. The number of fused-ring (bicyclic) bond motifs is 1. The van der Waals surface area contributed by atoms with Gasteiger partial charge in [-0.05, 0) is 25.1 Å². The molecule has 11 heteroatoms. The van der Waals surface area contributed by atoms with E-state index in [1.165, 1.54) is 18.2 Å². The number of aromatic nitrogens is 1. The lowest BCUT2D eigenvalue weighted by molar-refractivity contribution is -0.384. The van der Waals surface area contributed by atoms with Crippen molar-refractivity contribution in [1.82, 2.24) is 4.98 Å². The molecule has 1 N–H and O–H groups in total. The van der Waals surface area contributed by atoms with Gasteiger partial charge in [-0.25, -0.2) is 9.78 Å². The van der Waals surface area contributed by atoms with E-state index in [-0.39, 0.29) is 17.4 Å². The third kappa shape index (κ3) is 5.41. The predicted octanol–water partition coefficient (Wildman–Crippen LogP) is 3.16. The zero-order valence-corrected chi connectivity index (χ0v) is 16.6. The van der Waals surface area contributed by atoms with Crippen LogP contribution < -0.4 is 14.8 Å². The van der Waals surface area contributed by atoms with Gasteiger partial charge in [0.05, 0.1) is 21.7 Å². The number of thiazole rings is 1. The summed E-state index contributed by atoms with van der Waals surface area (Å²) in [6.45, 7) is 1.37. The Balaban J connectivity index is 1.49. The topological polar surface area (TPSA) is 130 Å². The van der Waals surface area contributed by atoms with E-state index >= 15 is 0 Å². The SMILES string of the molecule is CCOc1ccccc1OCC(=O)OCC(=O)Nc1nc2ccc([N+](=O)[O-])cc2s1. The van der Waals surface area contributed by atoms with E-state index in [0.717, 1.165) is 11.3 Å². The molecule has 0 spiro atoms. The lowest BCUT2D eigenvalue weighted by Crippen LogP contribution is -2.23. The lowest BCUT2D eigenvalue weighted by Gasteiger charge is -2.11. The number of nitro benzene ring substituents is 1. The van der Waals surface area contributed by atoms with Crippen LogP contribution >= 0.6 is 11.3 Å². The molecule has 3 rings (SSSR count). The molecule has 0 saturated heterocycles. The molecule has 0 aliphatic carbocycles. The van der Waals surface area contributed by atoms with E-state index in [0.29, 0.717) is 28.3 Å². The maximum Gasteiger partial charge on any atom is 0.344 e. The summed E-state index contributed by atoms with van der Waals surface area (Å²) in [4.78, 5) is 38.3. The second kappa shape index (κ2) is 9.65. The van der Waals surface area contributed by atoms with Gasteiger partial charge in [-0.15, -0.1) is 0 Å². The number of para-hydroxylation sites is 2. The van der Waals surface area contributed by atoms with Crippen molar-refractivity contribution in [1.29, 1.82) is 0 Å². The number of hydrogen-bond donors (Lipinski definition) is 1. The van der Waals surface area contributed by atoms with Crippen molar-refractivity contribution in [2.24, 2.45) is 0 Å². The summed E-state index contributed by atoms with van der Waals surface area (Å²) in [6.07, 6.45) is 0. The number of benzene rings is 2. The highest BCUT2D eigenvalue weighted by Crippen LogP contribution is 2.29. The maximum atomic E-state index is 12.0. The van der Waals surface area contributed by atoms with E-state index in [4.69, 9.17) is 14.2 Å². The average molecular weight is 431 g/mol. The standard InChI is InChI=1S/C19H17N3O7S/c1-2-27-14-5-3-4-6-15(14)28-11-18(24)29-10-17(23)21-19-20-13-8-7-12(22(25)26)9-16(13)30-19/h3-9H,2,10-11H2,1H3,(H,20,21,23). The first-order valence-electron chi connectivity index (χ1n) is 8.81. The molecule has 30 heavy (non-hydrogen) atoms. The summed E-state index contributed by atoms with van der Waals surface area (Å²) in [7, 11) is 0. The molecule has 0 saturated carbocycles. The van der Waals surface area contributed by atoms with Crippen molar-refractivity contribution in [2.75, 3.05) is 25.1 Å². The third-order valence-corrected chi connectivity index (χ3v) is 4.62. The number of carbonyl (C=O) groups is 2. The summed E-state index contributed by atoms with van der Waals surface area (Å²) in [5, 5.41) is 13.6. The Bertz CT molecular complexity index is 1080. The van der Waals surface area contributed by atoms with Crippen LogP contribution in [0.4, 0.5) is 10.8 Å². The van der Waals surface area contributed by atoms with Gasteiger partial charge in [-0.2, -0.15) is 0 Å². The molecule has 10 nitrogen and oxygen atoms in total. The molecule has 0 unspecified atom stereocenters. The van der Waals surface area contributed by atoms with E-state index in [1.807, 2.05) is 6.92 Å². The van der Waals surface area contributed by atoms with Crippen LogP contribution in [0.3, 0.4) is 0 Å². The first-order chi connectivity index (χ1) is 14.5. The fourth-order valence-corrected chi connectivity index (χ4v) is 3.32. The van der Waals surface area contributed by atoms with Crippen molar-refractivity contribution < 1.29 is 28.7 Å². The summed E-state index contributed by atoms with van der Waals surface area (Å²) in [5.74, 6) is -0.422. The van der Waals surface area contributed by atoms with Gasteiger partial charge in [0.2, 0.25) is 0 Å². The van der Waals surface area contributed by atoms with Crippen molar-refractivity contribution in [3.63, 3.8) is 0 Å². The number of anilines is 1. The van der Waals surface area contributed by atoms with Gasteiger partial charge in [0.1, 0.15) is 0 Å². The van der Waals surface area contributed by atoms with Gasteiger partial charge in [-0.1, -0.05) is 23.5 Å². The zero-order chi connectivity index (χ0) is 21.5. The number of nitro groups is 1. The van der Waals surface area contributed by atoms with Gasteiger partial charge in [0.15, 0.2) is 29.8 Å². The molecule has 0 aliphatic rings. The molecular weight excluding hydrogens is 414 g/mol. The Labute approximate surface area is 174 Å². The second-order valence-corrected chi connectivity index (χ2v) is 6.84. The van der Waals surface area contributed by atoms with Crippen molar-refractivity contribution >= 4 is 44.2 Å². The van der Waals surface area contributed by atoms with Gasteiger partial charge >= 0.3 is 5.97 Å². The summed E-state index contributed by atoms with van der Waals surface area (Å²) in [5.41, 5.74) is 0.447. The van der Waals surface area contributed by atoms with E-state index < -0.39 is 23.4 Å². The number of non-ortho nitro benzene ring substituents is 1. The number of nitrogens with zero attached hydrogens (tertiary/aromatic N) is 2. The van der Waals surface area contributed by atoms with Crippen molar-refractivity contribution in [3.8, 4) is 11.5 Å². The Hall–Kier alpha value is -3.73. The van der Waals surface area contributed by atoms with Crippen LogP contribution in [0.5, 0.6) is 11.5 Å². The largest absolute Gasteiger partial charge is 0.490 e. The van der Waals surface area contributed by atoms with Gasteiger partial charge in [0.25, 0.3) is 11.6 Å². The monoisotopic (exact) mass is 431 g/mol. The third-order valence-electron chi connectivity index (χ3n) is 3.69. The number of ether oxygens (including phenoxy) is 3. The fourth-order valence-electron chi connectivity index (χ4n) is 2.40. The smallest absolute Gasteiger partial charge is 0.344 e. The molecule has 0 radical (unpaired) electrons. The molecule has 1 aromatic heterocycles. The highest BCUT2D eigenvalue weighted by atomic mass is 32.1. The molecule has 2 aromatic carbocycles. The zero-order valence-electron chi connectivity index (χ0n) is 15.8. The fraction of sp³-hybridized carbons (Fsp3) is 0.211. The van der Waals surface area contributed by atoms with Crippen LogP contribution in [0.15, 0.2) is 42.5 Å². The molecule has 0 atom stereocenters. The van der Waals surface area contributed by atoms with Crippen LogP contribution in [0, 0.1) is 10.1 Å². The van der Waals surface area contributed by atoms with E-state index in [9.17, 15) is 19.7 Å². The summed E-state index contributed by atoms with van der Waals surface area (Å²) in [6, 6.07) is 11.1.